The molecule has 0 radical (unpaired) electrons. The van der Waals surface area contributed by atoms with Crippen molar-refractivity contribution in [2.24, 2.45) is 22.7 Å². The second-order valence-corrected chi connectivity index (χ2v) is 10.9. The van der Waals surface area contributed by atoms with Gasteiger partial charge < -0.3 is 15.1 Å². The van der Waals surface area contributed by atoms with Gasteiger partial charge in [-0.25, -0.2) is 4.79 Å². The van der Waals surface area contributed by atoms with Crippen molar-refractivity contribution in [3.05, 3.63) is 53.1 Å². The van der Waals surface area contributed by atoms with E-state index in [1.807, 2.05) is 29.2 Å². The number of carboxylic acid groups (broad SMARTS) is 1. The fourth-order valence-electron chi connectivity index (χ4n) is 6.77. The second kappa shape index (κ2) is 9.00. The largest absolute Gasteiger partial charge is 0.508 e. The van der Waals surface area contributed by atoms with Crippen LogP contribution in [-0.2, 0) is 16.0 Å². The molecule has 33 heavy (non-hydrogen) atoms. The van der Waals surface area contributed by atoms with Gasteiger partial charge >= 0.3 is 5.97 Å². The number of phenols is 1. The topological polar surface area (TPSA) is 77.8 Å². The summed E-state index contributed by atoms with van der Waals surface area (Å²) in [6.45, 7) is 8.22. The maximum atomic E-state index is 12.6. The number of rotatable bonds is 7. The molecule has 5 heteroatoms. The van der Waals surface area contributed by atoms with Gasteiger partial charge in [0, 0.05) is 30.2 Å². The SMILES string of the molecule is C[C@@H]1CC[C@@]2(C)C(C(=O)O)=CCC[C@@H]2[C@@]1(C)CCC1=CC(=O)N(CCc2ccc(O)cc2)C1. The molecule has 0 aromatic heterocycles. The van der Waals surface area contributed by atoms with E-state index < -0.39 is 5.97 Å². The fraction of sp³-hybridized carbons (Fsp3) is 0.571. The number of carboxylic acids is 1. The van der Waals surface area contributed by atoms with Crippen LogP contribution in [0.3, 0.4) is 0 Å². The van der Waals surface area contributed by atoms with Gasteiger partial charge in [-0.05, 0) is 85.5 Å². The molecule has 2 aliphatic carbocycles. The summed E-state index contributed by atoms with van der Waals surface area (Å²) >= 11 is 0. The van der Waals surface area contributed by atoms with E-state index in [-0.39, 0.29) is 22.5 Å². The first-order valence-electron chi connectivity index (χ1n) is 12.3. The number of amides is 1. The van der Waals surface area contributed by atoms with Crippen LogP contribution in [0.5, 0.6) is 5.75 Å². The Kier molecular flexibility index (Phi) is 6.43. The number of aliphatic carboxylic acids is 1. The molecule has 3 aliphatic rings. The third-order valence-corrected chi connectivity index (χ3v) is 9.06. The maximum absolute atomic E-state index is 12.6. The predicted molar refractivity (Wildman–Crippen MR) is 129 cm³/mol. The number of hydrogen-bond donors (Lipinski definition) is 2. The van der Waals surface area contributed by atoms with Crippen molar-refractivity contribution < 1.29 is 19.8 Å². The van der Waals surface area contributed by atoms with Crippen LogP contribution in [-0.4, -0.2) is 40.1 Å². The van der Waals surface area contributed by atoms with Gasteiger partial charge in [-0.3, -0.25) is 4.79 Å². The second-order valence-electron chi connectivity index (χ2n) is 10.9. The number of hydrogen-bond acceptors (Lipinski definition) is 3. The highest BCUT2D eigenvalue weighted by atomic mass is 16.4. The van der Waals surface area contributed by atoms with Gasteiger partial charge in [0.05, 0.1) is 0 Å². The molecule has 0 unspecified atom stereocenters. The van der Waals surface area contributed by atoms with Gasteiger partial charge in [-0.1, -0.05) is 39.0 Å². The van der Waals surface area contributed by atoms with Crippen molar-refractivity contribution >= 4 is 11.9 Å². The fourth-order valence-corrected chi connectivity index (χ4v) is 6.77. The van der Waals surface area contributed by atoms with Gasteiger partial charge in [0.25, 0.3) is 0 Å². The van der Waals surface area contributed by atoms with E-state index in [0.717, 1.165) is 50.5 Å². The molecule has 5 nitrogen and oxygen atoms in total. The number of nitrogens with zero attached hydrogens (tertiary/aromatic N) is 1. The van der Waals surface area contributed by atoms with Gasteiger partial charge in [0.2, 0.25) is 5.91 Å². The highest BCUT2D eigenvalue weighted by Gasteiger charge is 2.55. The zero-order valence-electron chi connectivity index (χ0n) is 20.1. The van der Waals surface area contributed by atoms with E-state index >= 15 is 0 Å². The van der Waals surface area contributed by atoms with Gasteiger partial charge in [0.1, 0.15) is 5.75 Å². The zero-order chi connectivity index (χ0) is 23.8. The van der Waals surface area contributed by atoms with Crippen LogP contribution in [0.4, 0.5) is 0 Å². The lowest BCUT2D eigenvalue weighted by Gasteiger charge is -2.57. The third kappa shape index (κ3) is 4.47. The summed E-state index contributed by atoms with van der Waals surface area (Å²) in [5.74, 6) is 0.474. The summed E-state index contributed by atoms with van der Waals surface area (Å²) in [7, 11) is 0. The molecule has 1 saturated carbocycles. The quantitative estimate of drug-likeness (QED) is 0.586. The van der Waals surface area contributed by atoms with Crippen LogP contribution in [0.25, 0.3) is 0 Å². The minimum Gasteiger partial charge on any atom is -0.508 e. The average Bonchev–Trinajstić information content (AvgIpc) is 3.14. The van der Waals surface area contributed by atoms with Gasteiger partial charge in [-0.15, -0.1) is 0 Å². The highest BCUT2D eigenvalue weighted by Crippen LogP contribution is 2.62. The summed E-state index contributed by atoms with van der Waals surface area (Å²) in [4.78, 5) is 26.5. The summed E-state index contributed by atoms with van der Waals surface area (Å²) in [6, 6.07) is 7.16. The van der Waals surface area contributed by atoms with Crippen LogP contribution < -0.4 is 0 Å². The van der Waals surface area contributed by atoms with Crippen LogP contribution in [0, 0.1) is 22.7 Å². The molecule has 178 valence electrons. The monoisotopic (exact) mass is 451 g/mol. The lowest BCUT2D eigenvalue weighted by Crippen LogP contribution is -2.51. The number of carbonyl (C=O) groups excluding carboxylic acids is 1. The average molecular weight is 452 g/mol. The van der Waals surface area contributed by atoms with Crippen molar-refractivity contribution in [3.63, 3.8) is 0 Å². The van der Waals surface area contributed by atoms with E-state index in [1.165, 1.54) is 5.57 Å². The zero-order valence-corrected chi connectivity index (χ0v) is 20.1. The molecule has 1 aliphatic heterocycles. The van der Waals surface area contributed by atoms with Crippen LogP contribution in [0.2, 0.25) is 0 Å². The maximum Gasteiger partial charge on any atom is 0.331 e. The van der Waals surface area contributed by atoms with Crippen LogP contribution in [0.1, 0.15) is 64.9 Å². The highest BCUT2D eigenvalue weighted by molar-refractivity contribution is 5.91. The summed E-state index contributed by atoms with van der Waals surface area (Å²) in [6.07, 6.45) is 10.3. The minimum atomic E-state index is -0.757. The van der Waals surface area contributed by atoms with Gasteiger partial charge in [-0.2, -0.15) is 0 Å². The van der Waals surface area contributed by atoms with E-state index in [2.05, 4.69) is 20.8 Å². The number of carbonyl (C=O) groups is 2. The van der Waals surface area contributed by atoms with Crippen LogP contribution in [0.15, 0.2) is 47.6 Å². The molecule has 1 aromatic carbocycles. The number of aromatic hydroxyl groups is 1. The van der Waals surface area contributed by atoms with E-state index in [1.54, 1.807) is 12.1 Å². The molecule has 0 spiro atoms. The summed E-state index contributed by atoms with van der Waals surface area (Å²) < 4.78 is 0. The molecule has 2 N–H and O–H groups in total. The Labute approximate surface area is 197 Å². The predicted octanol–water partition coefficient (Wildman–Crippen LogP) is 5.35. The minimum absolute atomic E-state index is 0.0608. The number of allylic oxidation sites excluding steroid dienone is 1. The Balaban J connectivity index is 1.40. The van der Waals surface area contributed by atoms with Crippen molar-refractivity contribution in [2.75, 3.05) is 13.1 Å². The molecule has 1 amide bonds. The molecule has 0 saturated heterocycles. The Hall–Kier alpha value is -2.56. The molecule has 1 aromatic rings. The van der Waals surface area contributed by atoms with Gasteiger partial charge in [0.15, 0.2) is 0 Å². The normalized spacial score (nSPS) is 31.7. The summed E-state index contributed by atoms with van der Waals surface area (Å²) in [5.41, 5.74) is 2.72. The van der Waals surface area contributed by atoms with Crippen molar-refractivity contribution in [1.82, 2.24) is 4.90 Å². The Bertz CT molecular complexity index is 978. The molecule has 4 atom stereocenters. The van der Waals surface area contributed by atoms with E-state index in [9.17, 15) is 19.8 Å². The Morgan fingerprint density at radius 1 is 1.15 bits per heavy atom. The van der Waals surface area contributed by atoms with Crippen molar-refractivity contribution in [3.8, 4) is 5.75 Å². The van der Waals surface area contributed by atoms with Crippen molar-refractivity contribution in [1.29, 1.82) is 0 Å². The first kappa shape index (κ1) is 23.6. The Morgan fingerprint density at radius 3 is 2.58 bits per heavy atom. The molecule has 4 rings (SSSR count). The number of fused-ring (bicyclic) bond motifs is 1. The first-order chi connectivity index (χ1) is 15.6. The number of phenolic OH excluding ortho intramolecular Hbond substituents is 1. The standard InChI is InChI=1S/C28H37NO4/c1-19-11-14-28(3)23(26(32)33)5-4-6-24(28)27(19,2)15-12-21-17-25(31)29(18-21)16-13-20-7-9-22(30)10-8-20/h5,7-10,17,19,24,30H,4,6,11-16,18H2,1-3H3,(H,32,33)/t19-,24-,27+,28+/m1/s1. The first-order valence-corrected chi connectivity index (χ1v) is 12.3. The molecule has 0 bridgehead atoms. The molecular weight excluding hydrogens is 414 g/mol. The van der Waals surface area contributed by atoms with E-state index in [4.69, 9.17) is 0 Å². The molecular formula is C28H37NO4. The third-order valence-electron chi connectivity index (χ3n) is 9.06. The lowest BCUT2D eigenvalue weighted by molar-refractivity contribution is -0.137. The Morgan fingerprint density at radius 2 is 1.88 bits per heavy atom. The number of benzene rings is 1. The summed E-state index contributed by atoms with van der Waals surface area (Å²) in [5, 5.41) is 19.3. The van der Waals surface area contributed by atoms with E-state index in [0.29, 0.717) is 30.5 Å². The van der Waals surface area contributed by atoms with Crippen LogP contribution >= 0.6 is 0 Å². The molecule has 1 heterocycles. The smallest absolute Gasteiger partial charge is 0.331 e. The lowest BCUT2D eigenvalue weighted by atomic mass is 9.46. The molecule has 1 fully saturated rings. The van der Waals surface area contributed by atoms with Crippen molar-refractivity contribution in [2.45, 2.75) is 65.7 Å².